The van der Waals surface area contributed by atoms with Crippen molar-refractivity contribution in [3.63, 3.8) is 0 Å². The molecule has 0 bridgehead atoms. The number of para-hydroxylation sites is 1. The first-order valence-corrected chi connectivity index (χ1v) is 10.5. The summed E-state index contributed by atoms with van der Waals surface area (Å²) in [7, 11) is -3.19. The highest BCUT2D eigenvalue weighted by Gasteiger charge is 2.35. The van der Waals surface area contributed by atoms with E-state index in [0.29, 0.717) is 0 Å². The van der Waals surface area contributed by atoms with E-state index in [1.807, 2.05) is 0 Å². The maximum absolute atomic E-state index is 13.1. The van der Waals surface area contributed by atoms with Gasteiger partial charge in [0.25, 0.3) is 0 Å². The summed E-state index contributed by atoms with van der Waals surface area (Å²) in [4.78, 5) is 24.6. The number of halogens is 3. The van der Waals surface area contributed by atoms with Crippen molar-refractivity contribution >= 4 is 27.5 Å². The molecule has 28 heavy (non-hydrogen) atoms. The minimum absolute atomic E-state index is 0.0275. The predicted octanol–water partition coefficient (Wildman–Crippen LogP) is 2.15. The molecule has 3 N–H and O–H groups in total. The summed E-state index contributed by atoms with van der Waals surface area (Å²) in [5.74, 6) is -1.44. The molecule has 11 heteroatoms. The number of anilines is 1. The van der Waals surface area contributed by atoms with Crippen molar-refractivity contribution in [2.75, 3.05) is 16.8 Å². The zero-order valence-corrected chi connectivity index (χ0v) is 16.2. The average Bonchev–Trinajstić information content (AvgIpc) is 2.90. The Hall–Kier alpha value is -2.30. The molecule has 1 aliphatic heterocycles. The maximum atomic E-state index is 13.1. The van der Waals surface area contributed by atoms with E-state index in [1.54, 1.807) is 13.8 Å². The van der Waals surface area contributed by atoms with Crippen LogP contribution in [0.15, 0.2) is 24.3 Å². The lowest BCUT2D eigenvalue weighted by molar-refractivity contribution is -0.137. The smallest absolute Gasteiger partial charge is 0.334 e. The van der Waals surface area contributed by atoms with Crippen molar-refractivity contribution < 1.29 is 31.2 Å². The second-order valence-electron chi connectivity index (χ2n) is 6.97. The van der Waals surface area contributed by atoms with Crippen LogP contribution in [0.4, 0.5) is 23.7 Å². The third-order valence-electron chi connectivity index (χ3n) is 4.29. The molecule has 1 saturated heterocycles. The molecule has 156 valence electrons. The molecule has 3 amide bonds. The highest BCUT2D eigenvalue weighted by Crippen LogP contribution is 2.34. The standard InChI is InChI=1S/C17H22F3N3O4S/c1-10(2)14(23-16(25)21-11-7-8-28(26,27)9-11)15(24)22-13-6-4-3-5-12(13)17(18,19)20/h3-6,10-11,14H,7-9H2,1-2H3,(H,22,24)(H2,21,23,25)/t11-,14+/m1/s1. The van der Waals surface area contributed by atoms with Gasteiger partial charge in [-0.2, -0.15) is 13.2 Å². The molecule has 0 aliphatic carbocycles. The maximum Gasteiger partial charge on any atom is 0.418 e. The van der Waals surface area contributed by atoms with Gasteiger partial charge in [0.1, 0.15) is 6.04 Å². The quantitative estimate of drug-likeness (QED) is 0.678. The molecular weight excluding hydrogens is 399 g/mol. The molecule has 0 aromatic heterocycles. The van der Waals surface area contributed by atoms with E-state index in [4.69, 9.17) is 0 Å². The summed E-state index contributed by atoms with van der Waals surface area (Å²) in [5.41, 5.74) is -1.40. The molecule has 7 nitrogen and oxygen atoms in total. The lowest BCUT2D eigenvalue weighted by Crippen LogP contribution is -2.52. The Bertz CT molecular complexity index is 840. The van der Waals surface area contributed by atoms with Crippen LogP contribution in [-0.4, -0.2) is 43.9 Å². The number of alkyl halides is 3. The van der Waals surface area contributed by atoms with E-state index in [9.17, 15) is 31.2 Å². The van der Waals surface area contributed by atoms with Gasteiger partial charge < -0.3 is 16.0 Å². The number of benzene rings is 1. The van der Waals surface area contributed by atoms with Crippen LogP contribution in [0, 0.1) is 5.92 Å². The summed E-state index contributed by atoms with van der Waals surface area (Å²) in [6.07, 6.45) is -4.37. The van der Waals surface area contributed by atoms with E-state index in [1.165, 1.54) is 12.1 Å². The Morgan fingerprint density at radius 2 is 1.82 bits per heavy atom. The number of nitrogens with one attached hydrogen (secondary N) is 3. The van der Waals surface area contributed by atoms with Crippen molar-refractivity contribution in [1.82, 2.24) is 10.6 Å². The van der Waals surface area contributed by atoms with E-state index < -0.39 is 57.2 Å². The Kier molecular flexibility index (Phi) is 6.58. The summed E-state index contributed by atoms with van der Waals surface area (Å²) < 4.78 is 62.1. The number of sulfone groups is 1. The van der Waals surface area contributed by atoms with Crippen LogP contribution < -0.4 is 16.0 Å². The van der Waals surface area contributed by atoms with E-state index >= 15 is 0 Å². The fourth-order valence-corrected chi connectivity index (χ4v) is 4.54. The first-order valence-electron chi connectivity index (χ1n) is 8.63. The van der Waals surface area contributed by atoms with Gasteiger partial charge >= 0.3 is 12.2 Å². The van der Waals surface area contributed by atoms with Gasteiger partial charge in [0.05, 0.1) is 22.8 Å². The van der Waals surface area contributed by atoms with Gasteiger partial charge in [-0.1, -0.05) is 26.0 Å². The SMILES string of the molecule is CC(C)[C@H](NC(=O)N[C@@H]1CCS(=O)(=O)C1)C(=O)Nc1ccccc1C(F)(F)F. The zero-order valence-electron chi connectivity index (χ0n) is 15.3. The summed E-state index contributed by atoms with van der Waals surface area (Å²) in [6, 6.07) is 2.11. The van der Waals surface area contributed by atoms with Crippen LogP contribution in [0.1, 0.15) is 25.8 Å². The molecule has 1 aromatic carbocycles. The molecule has 1 aromatic rings. The molecule has 0 unspecified atom stereocenters. The van der Waals surface area contributed by atoms with Gasteiger partial charge in [-0.25, -0.2) is 13.2 Å². The number of hydrogen-bond acceptors (Lipinski definition) is 4. The van der Waals surface area contributed by atoms with Crippen molar-refractivity contribution in [1.29, 1.82) is 0 Å². The van der Waals surface area contributed by atoms with E-state index in [-0.39, 0.29) is 17.9 Å². The Balaban J connectivity index is 2.06. The highest BCUT2D eigenvalue weighted by molar-refractivity contribution is 7.91. The lowest BCUT2D eigenvalue weighted by atomic mass is 10.0. The largest absolute Gasteiger partial charge is 0.418 e. The fraction of sp³-hybridized carbons (Fsp3) is 0.529. The second kappa shape index (κ2) is 8.38. The Morgan fingerprint density at radius 1 is 1.18 bits per heavy atom. The molecule has 1 heterocycles. The van der Waals surface area contributed by atoms with Gasteiger partial charge in [0.15, 0.2) is 9.84 Å². The number of rotatable bonds is 5. The number of carbonyl (C=O) groups is 2. The minimum Gasteiger partial charge on any atom is -0.334 e. The monoisotopic (exact) mass is 421 g/mol. The Morgan fingerprint density at radius 3 is 2.36 bits per heavy atom. The van der Waals surface area contributed by atoms with Crippen LogP contribution in [0.2, 0.25) is 0 Å². The molecule has 0 radical (unpaired) electrons. The van der Waals surface area contributed by atoms with Crippen LogP contribution in [0.3, 0.4) is 0 Å². The first-order chi connectivity index (χ1) is 12.9. The fourth-order valence-electron chi connectivity index (χ4n) is 2.86. The van der Waals surface area contributed by atoms with Crippen molar-refractivity contribution in [3.8, 4) is 0 Å². The molecule has 2 rings (SSSR count). The highest BCUT2D eigenvalue weighted by atomic mass is 32.2. The van der Waals surface area contributed by atoms with E-state index in [0.717, 1.165) is 12.1 Å². The van der Waals surface area contributed by atoms with Gasteiger partial charge in [0.2, 0.25) is 5.91 Å². The average molecular weight is 421 g/mol. The van der Waals surface area contributed by atoms with Crippen molar-refractivity contribution in [2.24, 2.45) is 5.92 Å². The Labute approximate surface area is 161 Å². The number of carbonyl (C=O) groups excluding carboxylic acids is 2. The zero-order chi connectivity index (χ0) is 21.1. The molecule has 0 saturated carbocycles. The minimum atomic E-state index is -4.64. The van der Waals surface area contributed by atoms with Crippen molar-refractivity contribution in [3.05, 3.63) is 29.8 Å². The number of urea groups is 1. The second-order valence-corrected chi connectivity index (χ2v) is 9.20. The first kappa shape index (κ1) is 22.0. The van der Waals surface area contributed by atoms with E-state index in [2.05, 4.69) is 16.0 Å². The normalized spacial score (nSPS) is 19.9. The molecular formula is C17H22F3N3O4S. The van der Waals surface area contributed by atoms with Gasteiger partial charge in [-0.3, -0.25) is 4.79 Å². The van der Waals surface area contributed by atoms with Crippen LogP contribution >= 0.6 is 0 Å². The topological polar surface area (TPSA) is 104 Å². The molecule has 1 aliphatic rings. The molecule has 0 spiro atoms. The van der Waals surface area contributed by atoms with Crippen LogP contribution in [0.5, 0.6) is 0 Å². The van der Waals surface area contributed by atoms with Gasteiger partial charge in [0, 0.05) is 6.04 Å². The lowest BCUT2D eigenvalue weighted by Gasteiger charge is -2.24. The van der Waals surface area contributed by atoms with Crippen LogP contribution in [0.25, 0.3) is 0 Å². The molecule has 1 fully saturated rings. The third-order valence-corrected chi connectivity index (χ3v) is 6.06. The molecule has 2 atom stereocenters. The summed E-state index contributed by atoms with van der Waals surface area (Å²) in [6.45, 7) is 3.25. The van der Waals surface area contributed by atoms with Gasteiger partial charge in [-0.15, -0.1) is 0 Å². The summed E-state index contributed by atoms with van der Waals surface area (Å²) in [5, 5.41) is 7.11. The summed E-state index contributed by atoms with van der Waals surface area (Å²) >= 11 is 0. The third kappa shape index (κ3) is 5.85. The number of hydrogen-bond donors (Lipinski definition) is 3. The van der Waals surface area contributed by atoms with Crippen LogP contribution in [-0.2, 0) is 20.8 Å². The number of amides is 3. The predicted molar refractivity (Wildman–Crippen MR) is 97.4 cm³/mol. The van der Waals surface area contributed by atoms with Crippen molar-refractivity contribution in [2.45, 2.75) is 38.5 Å². The van der Waals surface area contributed by atoms with Gasteiger partial charge in [-0.05, 0) is 24.5 Å².